The van der Waals surface area contributed by atoms with Crippen LogP contribution in [-0.2, 0) is 10.0 Å². The first-order valence-electron chi connectivity index (χ1n) is 8.72. The lowest BCUT2D eigenvalue weighted by Crippen LogP contribution is -2.45. The Hall–Kier alpha value is -1.35. The van der Waals surface area contributed by atoms with E-state index in [1.807, 2.05) is 0 Å². The van der Waals surface area contributed by atoms with Gasteiger partial charge in [-0.25, -0.2) is 8.42 Å². The molecule has 2 saturated heterocycles. The number of hydrogen-bond acceptors (Lipinski definition) is 5. The van der Waals surface area contributed by atoms with Crippen molar-refractivity contribution in [1.82, 2.24) is 14.9 Å². The molecule has 0 saturated carbocycles. The molecule has 9 heteroatoms. The number of nitrogens with zero attached hydrogens (tertiary/aromatic N) is 1. The van der Waals surface area contributed by atoms with Gasteiger partial charge in [0.2, 0.25) is 10.0 Å². The second kappa shape index (κ2) is 9.03. The van der Waals surface area contributed by atoms with E-state index >= 15 is 0 Å². The van der Waals surface area contributed by atoms with Crippen LogP contribution in [0.25, 0.3) is 0 Å². The Morgan fingerprint density at radius 3 is 2.62 bits per heavy atom. The van der Waals surface area contributed by atoms with Gasteiger partial charge >= 0.3 is 0 Å². The lowest BCUT2D eigenvalue weighted by Gasteiger charge is -2.24. The van der Waals surface area contributed by atoms with Crippen molar-refractivity contribution >= 4 is 28.3 Å². The lowest BCUT2D eigenvalue weighted by atomic mass is 10.1. The topological polar surface area (TPSA) is 87.7 Å². The van der Waals surface area contributed by atoms with E-state index in [-0.39, 0.29) is 35.0 Å². The standard InChI is InChI=1S/C17H25N3O4S.ClH/c1-24-15-7-6-13(17(21)19-14-5-4-8-18-12-14)11-16(15)25(22,23)20-9-2-3-10-20;/h6-7,11,14,18H,2-5,8-10,12H2,1H3,(H,19,21);1H/t14-;/m0./s1. The highest BCUT2D eigenvalue weighted by Crippen LogP contribution is 2.29. The molecule has 2 fully saturated rings. The zero-order chi connectivity index (χ0) is 17.9. The molecule has 1 aromatic rings. The van der Waals surface area contributed by atoms with Crippen LogP contribution in [0.3, 0.4) is 0 Å². The smallest absolute Gasteiger partial charge is 0.251 e. The van der Waals surface area contributed by atoms with Gasteiger partial charge in [-0.1, -0.05) is 0 Å². The van der Waals surface area contributed by atoms with Crippen LogP contribution in [0.5, 0.6) is 5.75 Å². The Kier molecular flexibility index (Phi) is 7.28. The Bertz CT molecular complexity index is 730. The van der Waals surface area contributed by atoms with Crippen LogP contribution < -0.4 is 15.4 Å². The maximum Gasteiger partial charge on any atom is 0.251 e. The van der Waals surface area contributed by atoms with Gasteiger partial charge in [0.1, 0.15) is 10.6 Å². The predicted molar refractivity (Wildman–Crippen MR) is 102 cm³/mol. The molecule has 0 aliphatic carbocycles. The van der Waals surface area contributed by atoms with E-state index in [4.69, 9.17) is 4.74 Å². The van der Waals surface area contributed by atoms with Gasteiger partial charge in [-0.2, -0.15) is 4.31 Å². The molecule has 1 aromatic carbocycles. The predicted octanol–water partition coefficient (Wildman–Crippen LogP) is 1.38. The number of carbonyl (C=O) groups is 1. The van der Waals surface area contributed by atoms with Crippen LogP contribution >= 0.6 is 12.4 Å². The number of sulfonamides is 1. The normalized spacial score (nSPS) is 21.0. The van der Waals surface area contributed by atoms with Crippen LogP contribution in [0, 0.1) is 0 Å². The van der Waals surface area contributed by atoms with Crippen molar-refractivity contribution in [2.75, 3.05) is 33.3 Å². The van der Waals surface area contributed by atoms with E-state index in [1.54, 1.807) is 12.1 Å². The Labute approximate surface area is 160 Å². The van der Waals surface area contributed by atoms with Crippen molar-refractivity contribution in [3.05, 3.63) is 23.8 Å². The molecular weight excluding hydrogens is 378 g/mol. The van der Waals surface area contributed by atoms with Crippen LogP contribution in [0.1, 0.15) is 36.0 Å². The fourth-order valence-electron chi connectivity index (χ4n) is 3.33. The van der Waals surface area contributed by atoms with Gasteiger partial charge < -0.3 is 15.4 Å². The molecule has 0 unspecified atom stereocenters. The van der Waals surface area contributed by atoms with Crippen molar-refractivity contribution in [1.29, 1.82) is 0 Å². The molecule has 26 heavy (non-hydrogen) atoms. The molecule has 2 aliphatic rings. The third kappa shape index (κ3) is 4.49. The van der Waals surface area contributed by atoms with Crippen molar-refractivity contribution in [3.63, 3.8) is 0 Å². The van der Waals surface area contributed by atoms with Gasteiger partial charge in [0.05, 0.1) is 7.11 Å². The average Bonchev–Trinajstić information content (AvgIpc) is 3.17. The monoisotopic (exact) mass is 403 g/mol. The number of benzene rings is 1. The molecule has 1 atom stereocenters. The number of nitrogens with one attached hydrogen (secondary N) is 2. The number of hydrogen-bond donors (Lipinski definition) is 2. The summed E-state index contributed by atoms with van der Waals surface area (Å²) < 4.78 is 32.5. The third-order valence-electron chi connectivity index (χ3n) is 4.74. The van der Waals surface area contributed by atoms with E-state index in [1.165, 1.54) is 17.5 Å². The highest BCUT2D eigenvalue weighted by Gasteiger charge is 2.31. The van der Waals surface area contributed by atoms with Crippen molar-refractivity contribution in [2.45, 2.75) is 36.6 Å². The van der Waals surface area contributed by atoms with Crippen LogP contribution in [0.4, 0.5) is 0 Å². The van der Waals surface area contributed by atoms with Gasteiger partial charge in [-0.15, -0.1) is 12.4 Å². The number of amides is 1. The zero-order valence-electron chi connectivity index (χ0n) is 14.9. The summed E-state index contributed by atoms with van der Waals surface area (Å²) >= 11 is 0. The van der Waals surface area contributed by atoms with Crippen LogP contribution in [-0.4, -0.2) is 58.0 Å². The fraction of sp³-hybridized carbons (Fsp3) is 0.588. The second-order valence-electron chi connectivity index (χ2n) is 6.49. The SMILES string of the molecule is COc1ccc(C(=O)N[C@H]2CCCNC2)cc1S(=O)(=O)N1CCCC1.Cl. The van der Waals surface area contributed by atoms with E-state index in [9.17, 15) is 13.2 Å². The van der Waals surface area contributed by atoms with Gasteiger partial charge in [-0.3, -0.25) is 4.79 Å². The molecular formula is C17H26ClN3O4S. The number of methoxy groups -OCH3 is 1. The zero-order valence-corrected chi connectivity index (χ0v) is 16.5. The summed E-state index contributed by atoms with van der Waals surface area (Å²) in [6.07, 6.45) is 3.66. The Morgan fingerprint density at radius 2 is 2.00 bits per heavy atom. The first-order valence-corrected chi connectivity index (χ1v) is 10.2. The summed E-state index contributed by atoms with van der Waals surface area (Å²) in [6, 6.07) is 4.66. The van der Waals surface area contributed by atoms with E-state index in [0.29, 0.717) is 18.7 Å². The molecule has 2 aliphatic heterocycles. The van der Waals surface area contributed by atoms with Crippen molar-refractivity contribution in [2.24, 2.45) is 0 Å². The molecule has 1 amide bonds. The minimum Gasteiger partial charge on any atom is -0.495 e. The number of halogens is 1. The second-order valence-corrected chi connectivity index (χ2v) is 8.40. The first kappa shape index (κ1) is 21.0. The minimum atomic E-state index is -3.65. The van der Waals surface area contributed by atoms with E-state index in [2.05, 4.69) is 10.6 Å². The molecule has 0 spiro atoms. The Morgan fingerprint density at radius 1 is 1.27 bits per heavy atom. The maximum atomic E-state index is 12.9. The summed E-state index contributed by atoms with van der Waals surface area (Å²) in [5, 5.41) is 6.22. The summed E-state index contributed by atoms with van der Waals surface area (Å²) in [4.78, 5) is 12.6. The van der Waals surface area contributed by atoms with Gasteiger partial charge in [0.15, 0.2) is 0 Å². The highest BCUT2D eigenvalue weighted by molar-refractivity contribution is 7.89. The minimum absolute atomic E-state index is 0. The molecule has 7 nitrogen and oxygen atoms in total. The van der Waals surface area contributed by atoms with E-state index < -0.39 is 10.0 Å². The Balaban J connectivity index is 0.00000243. The molecule has 146 valence electrons. The number of carbonyl (C=O) groups excluding carboxylic acids is 1. The van der Waals surface area contributed by atoms with Crippen molar-refractivity contribution < 1.29 is 17.9 Å². The number of ether oxygens (including phenoxy) is 1. The highest BCUT2D eigenvalue weighted by atomic mass is 35.5. The molecule has 3 rings (SSSR count). The first-order chi connectivity index (χ1) is 12.0. The molecule has 2 heterocycles. The lowest BCUT2D eigenvalue weighted by molar-refractivity contribution is 0.0930. The fourth-order valence-corrected chi connectivity index (χ4v) is 5.03. The quantitative estimate of drug-likeness (QED) is 0.775. The van der Waals surface area contributed by atoms with Crippen molar-refractivity contribution in [3.8, 4) is 5.75 Å². The molecule has 0 aromatic heterocycles. The number of piperidine rings is 1. The molecule has 0 bridgehead atoms. The average molecular weight is 404 g/mol. The number of rotatable bonds is 5. The van der Waals surface area contributed by atoms with E-state index in [0.717, 1.165) is 38.8 Å². The summed E-state index contributed by atoms with van der Waals surface area (Å²) in [5.41, 5.74) is 0.337. The molecule has 2 N–H and O–H groups in total. The maximum absolute atomic E-state index is 12.9. The molecule has 0 radical (unpaired) electrons. The summed E-state index contributed by atoms with van der Waals surface area (Å²) in [6.45, 7) is 2.72. The largest absolute Gasteiger partial charge is 0.495 e. The van der Waals surface area contributed by atoms with Gasteiger partial charge in [-0.05, 0) is 50.4 Å². The summed E-state index contributed by atoms with van der Waals surface area (Å²) in [7, 11) is -2.22. The van der Waals surface area contributed by atoms with Gasteiger partial charge in [0.25, 0.3) is 5.91 Å². The van der Waals surface area contributed by atoms with Gasteiger partial charge in [0, 0.05) is 31.2 Å². The van der Waals surface area contributed by atoms with Crippen LogP contribution in [0.2, 0.25) is 0 Å². The summed E-state index contributed by atoms with van der Waals surface area (Å²) in [5.74, 6) is 0.0111. The third-order valence-corrected chi connectivity index (χ3v) is 6.66. The van der Waals surface area contributed by atoms with Crippen LogP contribution in [0.15, 0.2) is 23.1 Å².